The number of hydrogen-bond donors (Lipinski definition) is 3. The molecule has 2 rings (SSSR count). The third-order valence-electron chi connectivity index (χ3n) is 2.96. The molecular formula is C15H17ClN4O3S. The lowest BCUT2D eigenvalue weighted by Gasteiger charge is -2.09. The van der Waals surface area contributed by atoms with Crippen molar-refractivity contribution < 1.29 is 13.2 Å². The van der Waals surface area contributed by atoms with Crippen molar-refractivity contribution in [2.45, 2.75) is 6.54 Å². The van der Waals surface area contributed by atoms with Gasteiger partial charge < -0.3 is 10.6 Å². The Balaban J connectivity index is 1.73. The maximum Gasteiger partial charge on any atom is 0.319 e. The summed E-state index contributed by atoms with van der Waals surface area (Å²) >= 11 is 5.81. The summed E-state index contributed by atoms with van der Waals surface area (Å²) in [5.74, 6) is -0.226. The van der Waals surface area contributed by atoms with E-state index in [1.54, 1.807) is 48.8 Å². The number of nitrogens with one attached hydrogen (secondary N) is 3. The van der Waals surface area contributed by atoms with E-state index in [4.69, 9.17) is 11.6 Å². The van der Waals surface area contributed by atoms with E-state index in [-0.39, 0.29) is 18.8 Å². The summed E-state index contributed by atoms with van der Waals surface area (Å²) in [6.07, 6.45) is 3.19. The molecule has 2 amide bonds. The number of amides is 2. The fraction of sp³-hybridized carbons (Fsp3) is 0.200. The molecule has 1 aromatic heterocycles. The van der Waals surface area contributed by atoms with E-state index in [0.717, 1.165) is 5.56 Å². The Bertz CT molecular complexity index is 784. The number of nitrogens with zero attached hydrogens (tertiary/aromatic N) is 1. The van der Waals surface area contributed by atoms with Gasteiger partial charge in [-0.05, 0) is 29.8 Å². The molecule has 0 radical (unpaired) electrons. The Morgan fingerprint density at radius 1 is 1.21 bits per heavy atom. The average Bonchev–Trinajstić information content (AvgIpc) is 2.54. The van der Waals surface area contributed by atoms with Gasteiger partial charge in [-0.15, -0.1) is 0 Å². The molecule has 0 bridgehead atoms. The van der Waals surface area contributed by atoms with Gasteiger partial charge in [-0.2, -0.15) is 0 Å². The monoisotopic (exact) mass is 368 g/mol. The third-order valence-corrected chi connectivity index (χ3v) is 4.52. The summed E-state index contributed by atoms with van der Waals surface area (Å²) in [7, 11) is -3.50. The molecule has 0 aliphatic heterocycles. The summed E-state index contributed by atoms with van der Waals surface area (Å²) < 4.78 is 26.2. The van der Waals surface area contributed by atoms with Crippen LogP contribution in [0, 0.1) is 0 Å². The van der Waals surface area contributed by atoms with E-state index < -0.39 is 16.1 Å². The number of pyridine rings is 1. The van der Waals surface area contributed by atoms with Gasteiger partial charge in [0.25, 0.3) is 0 Å². The number of carbonyl (C=O) groups is 1. The van der Waals surface area contributed by atoms with Crippen molar-refractivity contribution in [2.24, 2.45) is 0 Å². The highest BCUT2D eigenvalue weighted by Crippen LogP contribution is 2.14. The van der Waals surface area contributed by atoms with Gasteiger partial charge in [-0.3, -0.25) is 4.98 Å². The number of anilines is 1. The van der Waals surface area contributed by atoms with Crippen molar-refractivity contribution in [3.63, 3.8) is 0 Å². The lowest BCUT2D eigenvalue weighted by atomic mass is 10.3. The van der Waals surface area contributed by atoms with Crippen LogP contribution in [-0.4, -0.2) is 31.7 Å². The molecule has 0 fully saturated rings. The molecule has 1 aromatic carbocycles. The van der Waals surface area contributed by atoms with Gasteiger partial charge in [0.05, 0.1) is 5.75 Å². The fourth-order valence-corrected chi connectivity index (χ4v) is 2.90. The van der Waals surface area contributed by atoms with Crippen molar-refractivity contribution in [3.8, 4) is 0 Å². The zero-order valence-electron chi connectivity index (χ0n) is 12.7. The van der Waals surface area contributed by atoms with Crippen LogP contribution in [0.4, 0.5) is 10.5 Å². The topological polar surface area (TPSA) is 100 Å². The second kappa shape index (κ2) is 8.62. The van der Waals surface area contributed by atoms with Crippen LogP contribution in [-0.2, 0) is 16.6 Å². The molecule has 0 saturated carbocycles. The summed E-state index contributed by atoms with van der Waals surface area (Å²) in [5, 5.41) is 5.54. The van der Waals surface area contributed by atoms with Crippen LogP contribution in [0.15, 0.2) is 48.8 Å². The molecule has 0 spiro atoms. The lowest BCUT2D eigenvalue weighted by Crippen LogP contribution is -2.36. The van der Waals surface area contributed by atoms with Gasteiger partial charge >= 0.3 is 6.03 Å². The standard InChI is InChI=1S/C15H17ClN4O3S/c16-13-4-1-5-14(9-13)20-15(21)18-7-8-24(22,23)19-11-12-3-2-6-17-10-12/h1-6,9-10,19H,7-8,11H2,(H2,18,20,21). The summed E-state index contributed by atoms with van der Waals surface area (Å²) in [6.45, 7) is 0.139. The Morgan fingerprint density at radius 2 is 2.04 bits per heavy atom. The highest BCUT2D eigenvalue weighted by molar-refractivity contribution is 7.89. The zero-order chi connectivity index (χ0) is 17.4. The zero-order valence-corrected chi connectivity index (χ0v) is 14.3. The molecule has 24 heavy (non-hydrogen) atoms. The maximum atomic E-state index is 11.9. The van der Waals surface area contributed by atoms with Gasteiger partial charge in [-0.25, -0.2) is 17.9 Å². The summed E-state index contributed by atoms with van der Waals surface area (Å²) in [6, 6.07) is 9.65. The van der Waals surface area contributed by atoms with Gasteiger partial charge in [0.15, 0.2) is 0 Å². The number of rotatable bonds is 7. The van der Waals surface area contributed by atoms with Crippen LogP contribution in [0.3, 0.4) is 0 Å². The van der Waals surface area contributed by atoms with Gasteiger partial charge in [0, 0.05) is 36.2 Å². The first kappa shape index (κ1) is 18.2. The Morgan fingerprint density at radius 3 is 2.75 bits per heavy atom. The fourth-order valence-electron chi connectivity index (χ4n) is 1.81. The Hall–Kier alpha value is -2.16. The van der Waals surface area contributed by atoms with Crippen LogP contribution >= 0.6 is 11.6 Å². The van der Waals surface area contributed by atoms with E-state index >= 15 is 0 Å². The van der Waals surface area contributed by atoms with Gasteiger partial charge in [0.1, 0.15) is 0 Å². The van der Waals surface area contributed by atoms with Crippen molar-refractivity contribution in [3.05, 3.63) is 59.4 Å². The molecular weight excluding hydrogens is 352 g/mol. The lowest BCUT2D eigenvalue weighted by molar-refractivity contribution is 0.252. The predicted octanol–water partition coefficient (Wildman–Crippen LogP) is 1.98. The Labute approximate surface area is 145 Å². The largest absolute Gasteiger partial charge is 0.337 e. The van der Waals surface area contributed by atoms with Crippen LogP contribution in [0.2, 0.25) is 5.02 Å². The maximum absolute atomic E-state index is 11.9. The SMILES string of the molecule is O=C(NCCS(=O)(=O)NCc1cccnc1)Nc1cccc(Cl)c1. The molecule has 1 heterocycles. The molecule has 3 N–H and O–H groups in total. The molecule has 9 heteroatoms. The highest BCUT2D eigenvalue weighted by atomic mass is 35.5. The third kappa shape index (κ3) is 6.53. The molecule has 128 valence electrons. The van der Waals surface area contributed by atoms with Gasteiger partial charge in [-0.1, -0.05) is 23.7 Å². The van der Waals surface area contributed by atoms with Crippen LogP contribution < -0.4 is 15.4 Å². The van der Waals surface area contributed by atoms with E-state index in [1.807, 2.05) is 0 Å². The first-order valence-corrected chi connectivity index (χ1v) is 9.14. The molecule has 0 aliphatic rings. The molecule has 0 saturated heterocycles. The van der Waals surface area contributed by atoms with E-state index in [2.05, 4.69) is 20.3 Å². The van der Waals surface area contributed by atoms with E-state index in [9.17, 15) is 13.2 Å². The van der Waals surface area contributed by atoms with E-state index in [0.29, 0.717) is 10.7 Å². The summed E-state index contributed by atoms with van der Waals surface area (Å²) in [5.41, 5.74) is 1.28. The second-order valence-corrected chi connectivity index (χ2v) is 7.26. The van der Waals surface area contributed by atoms with Crippen LogP contribution in [0.25, 0.3) is 0 Å². The minimum Gasteiger partial charge on any atom is -0.337 e. The van der Waals surface area contributed by atoms with Crippen molar-refractivity contribution in [1.82, 2.24) is 15.0 Å². The molecule has 0 atom stereocenters. The van der Waals surface area contributed by atoms with E-state index in [1.165, 1.54) is 0 Å². The molecule has 7 nitrogen and oxygen atoms in total. The number of sulfonamides is 1. The minimum absolute atomic E-state index is 0.0191. The predicted molar refractivity (Wildman–Crippen MR) is 93.3 cm³/mol. The quantitative estimate of drug-likeness (QED) is 0.695. The number of carbonyl (C=O) groups excluding carboxylic acids is 1. The number of hydrogen-bond acceptors (Lipinski definition) is 4. The number of aromatic nitrogens is 1. The van der Waals surface area contributed by atoms with Crippen LogP contribution in [0.5, 0.6) is 0 Å². The van der Waals surface area contributed by atoms with Crippen molar-refractivity contribution in [1.29, 1.82) is 0 Å². The van der Waals surface area contributed by atoms with Crippen LogP contribution in [0.1, 0.15) is 5.56 Å². The second-order valence-electron chi connectivity index (χ2n) is 4.89. The number of urea groups is 1. The normalized spacial score (nSPS) is 11.0. The summed E-state index contributed by atoms with van der Waals surface area (Å²) in [4.78, 5) is 15.6. The molecule has 0 unspecified atom stereocenters. The minimum atomic E-state index is -3.50. The molecule has 0 aliphatic carbocycles. The van der Waals surface area contributed by atoms with Crippen molar-refractivity contribution >= 4 is 33.3 Å². The Kier molecular flexibility index (Phi) is 6.53. The van der Waals surface area contributed by atoms with Crippen molar-refractivity contribution in [2.75, 3.05) is 17.6 Å². The molecule has 2 aromatic rings. The smallest absolute Gasteiger partial charge is 0.319 e. The first-order chi connectivity index (χ1) is 11.4. The number of benzene rings is 1. The first-order valence-electron chi connectivity index (χ1n) is 7.11. The number of halogens is 1. The highest BCUT2D eigenvalue weighted by Gasteiger charge is 2.11. The van der Waals surface area contributed by atoms with Gasteiger partial charge in [0.2, 0.25) is 10.0 Å². The average molecular weight is 369 g/mol.